The number of hydrogen-bond donors (Lipinski definition) is 1. The quantitative estimate of drug-likeness (QED) is 0.343. The fourth-order valence-corrected chi connectivity index (χ4v) is 4.19. The highest BCUT2D eigenvalue weighted by atomic mass is 19.1. The molecule has 5 aromatic rings. The van der Waals surface area contributed by atoms with Crippen LogP contribution in [-0.2, 0) is 6.54 Å². The van der Waals surface area contributed by atoms with Crippen molar-refractivity contribution < 1.29 is 4.39 Å². The van der Waals surface area contributed by atoms with Crippen LogP contribution in [0.3, 0.4) is 0 Å². The van der Waals surface area contributed by atoms with E-state index in [4.69, 9.17) is 0 Å². The van der Waals surface area contributed by atoms with Gasteiger partial charge in [-0.2, -0.15) is 5.26 Å². The predicted octanol–water partition coefficient (Wildman–Crippen LogP) is 6.39. The lowest BCUT2D eigenvalue weighted by atomic mass is 10.1. The van der Waals surface area contributed by atoms with Crippen molar-refractivity contribution in [2.24, 2.45) is 0 Å². The molecular formula is C27H21FN4. The normalized spacial score (nSPS) is 11.9. The van der Waals surface area contributed by atoms with Crippen molar-refractivity contribution in [2.45, 2.75) is 20.4 Å². The van der Waals surface area contributed by atoms with E-state index in [0.717, 1.165) is 38.8 Å². The van der Waals surface area contributed by atoms with Gasteiger partial charge in [-0.1, -0.05) is 42.5 Å². The first-order valence-corrected chi connectivity index (χ1v) is 10.4. The maximum atomic E-state index is 14.3. The molecule has 5 rings (SSSR count). The van der Waals surface area contributed by atoms with E-state index >= 15 is 0 Å². The fourth-order valence-electron chi connectivity index (χ4n) is 4.19. The molecule has 0 spiro atoms. The Morgan fingerprint density at radius 2 is 1.88 bits per heavy atom. The Morgan fingerprint density at radius 1 is 1.09 bits per heavy atom. The van der Waals surface area contributed by atoms with Gasteiger partial charge < -0.3 is 9.55 Å². The summed E-state index contributed by atoms with van der Waals surface area (Å²) in [6, 6.07) is 23.1. The Morgan fingerprint density at radius 3 is 2.69 bits per heavy atom. The van der Waals surface area contributed by atoms with Crippen molar-refractivity contribution in [3.8, 4) is 6.07 Å². The molecular weight excluding hydrogens is 399 g/mol. The van der Waals surface area contributed by atoms with Crippen LogP contribution in [0, 0.1) is 31.0 Å². The highest BCUT2D eigenvalue weighted by molar-refractivity contribution is 5.99. The van der Waals surface area contributed by atoms with Crippen molar-refractivity contribution in [2.75, 3.05) is 0 Å². The van der Waals surface area contributed by atoms with E-state index in [1.165, 1.54) is 6.07 Å². The number of allylic oxidation sites excluding steroid dienone is 1. The maximum absolute atomic E-state index is 14.3. The van der Waals surface area contributed by atoms with Gasteiger partial charge in [0.15, 0.2) is 0 Å². The third kappa shape index (κ3) is 3.36. The summed E-state index contributed by atoms with van der Waals surface area (Å²) in [4.78, 5) is 7.89. The molecule has 32 heavy (non-hydrogen) atoms. The van der Waals surface area contributed by atoms with Crippen LogP contribution in [0.25, 0.3) is 33.6 Å². The Kier molecular flexibility index (Phi) is 4.84. The van der Waals surface area contributed by atoms with Gasteiger partial charge in [0.2, 0.25) is 0 Å². The molecule has 0 aliphatic rings. The molecule has 4 nitrogen and oxygen atoms in total. The molecule has 1 N–H and O–H groups in total. The summed E-state index contributed by atoms with van der Waals surface area (Å²) in [5.74, 6) is 0.315. The van der Waals surface area contributed by atoms with Crippen molar-refractivity contribution in [1.29, 1.82) is 5.26 Å². The number of aromatic amines is 1. The number of nitrogens with one attached hydrogen (secondary N) is 1. The van der Waals surface area contributed by atoms with Gasteiger partial charge in [-0.05, 0) is 49.8 Å². The lowest BCUT2D eigenvalue weighted by molar-refractivity contribution is 0.600. The number of nitrogens with zero attached hydrogens (tertiary/aromatic N) is 3. The SMILES string of the molecule is Cc1ccc2nc(/C(C#N)=C\c3c(C)n(Cc4ccccc4F)c4ccccc34)[nH]c2c1. The van der Waals surface area contributed by atoms with Crippen LogP contribution in [0.4, 0.5) is 4.39 Å². The van der Waals surface area contributed by atoms with E-state index in [2.05, 4.69) is 20.6 Å². The number of hydrogen-bond acceptors (Lipinski definition) is 2. The van der Waals surface area contributed by atoms with Crippen LogP contribution in [0.15, 0.2) is 66.7 Å². The standard InChI is InChI=1S/C27H21FN4/c1-17-11-12-24-25(13-17)31-27(30-24)20(15-29)14-22-18(2)32(26-10-6-4-8-21(22)26)16-19-7-3-5-9-23(19)28/h3-14H,16H2,1-2H3,(H,30,31)/b20-14-. The molecule has 3 aromatic carbocycles. The highest BCUT2D eigenvalue weighted by Gasteiger charge is 2.16. The molecule has 0 bridgehead atoms. The van der Waals surface area contributed by atoms with Gasteiger partial charge in [0.05, 0.1) is 23.2 Å². The topological polar surface area (TPSA) is 57.4 Å². The van der Waals surface area contributed by atoms with E-state index in [9.17, 15) is 9.65 Å². The summed E-state index contributed by atoms with van der Waals surface area (Å²) in [5.41, 5.74) is 6.83. The first kappa shape index (κ1) is 19.8. The zero-order valence-corrected chi connectivity index (χ0v) is 17.9. The molecule has 156 valence electrons. The predicted molar refractivity (Wildman–Crippen MR) is 126 cm³/mol. The number of aromatic nitrogens is 3. The van der Waals surface area contributed by atoms with Crippen molar-refractivity contribution in [3.63, 3.8) is 0 Å². The van der Waals surface area contributed by atoms with Gasteiger partial charge in [-0.15, -0.1) is 0 Å². The number of fused-ring (bicyclic) bond motifs is 2. The molecule has 0 fully saturated rings. The number of para-hydroxylation sites is 1. The number of imidazole rings is 1. The van der Waals surface area contributed by atoms with E-state index in [-0.39, 0.29) is 5.82 Å². The Hall–Kier alpha value is -4.17. The lowest BCUT2D eigenvalue weighted by Gasteiger charge is -2.09. The first-order valence-electron chi connectivity index (χ1n) is 10.4. The smallest absolute Gasteiger partial charge is 0.149 e. The summed E-state index contributed by atoms with van der Waals surface area (Å²) >= 11 is 0. The number of aryl methyl sites for hydroxylation is 1. The molecule has 0 saturated carbocycles. The average molecular weight is 420 g/mol. The lowest BCUT2D eigenvalue weighted by Crippen LogP contribution is -2.03. The molecule has 2 aromatic heterocycles. The summed E-state index contributed by atoms with van der Waals surface area (Å²) in [5, 5.41) is 10.9. The molecule has 0 saturated heterocycles. The molecule has 0 unspecified atom stereocenters. The van der Waals surface area contributed by atoms with Gasteiger partial charge in [0.1, 0.15) is 17.7 Å². The summed E-state index contributed by atoms with van der Waals surface area (Å²) in [6.45, 7) is 4.44. The van der Waals surface area contributed by atoms with Gasteiger partial charge in [-0.25, -0.2) is 9.37 Å². The van der Waals surface area contributed by atoms with Crippen molar-refractivity contribution in [1.82, 2.24) is 14.5 Å². The molecule has 0 radical (unpaired) electrons. The zero-order valence-electron chi connectivity index (χ0n) is 17.9. The van der Waals surface area contributed by atoms with Crippen LogP contribution in [0.1, 0.15) is 28.2 Å². The zero-order chi connectivity index (χ0) is 22.2. The van der Waals surface area contributed by atoms with Gasteiger partial charge >= 0.3 is 0 Å². The number of rotatable bonds is 4. The molecule has 0 aliphatic carbocycles. The summed E-state index contributed by atoms with van der Waals surface area (Å²) < 4.78 is 16.4. The van der Waals surface area contributed by atoms with Gasteiger partial charge in [0, 0.05) is 27.7 Å². The first-order chi connectivity index (χ1) is 15.5. The molecule has 0 aliphatic heterocycles. The van der Waals surface area contributed by atoms with Gasteiger partial charge in [-0.3, -0.25) is 0 Å². The monoisotopic (exact) mass is 420 g/mol. The van der Waals surface area contributed by atoms with E-state index in [1.54, 1.807) is 12.1 Å². The summed E-state index contributed by atoms with van der Waals surface area (Å²) in [7, 11) is 0. The maximum Gasteiger partial charge on any atom is 0.149 e. The minimum absolute atomic E-state index is 0.225. The number of H-pyrrole nitrogens is 1. The number of benzene rings is 3. The minimum Gasteiger partial charge on any atom is -0.340 e. The molecule has 5 heteroatoms. The van der Waals surface area contributed by atoms with Gasteiger partial charge in [0.25, 0.3) is 0 Å². The van der Waals surface area contributed by atoms with Crippen LogP contribution >= 0.6 is 0 Å². The van der Waals surface area contributed by atoms with Crippen LogP contribution in [0.2, 0.25) is 0 Å². The largest absolute Gasteiger partial charge is 0.340 e. The molecule has 0 atom stereocenters. The van der Waals surface area contributed by atoms with Crippen LogP contribution < -0.4 is 0 Å². The third-order valence-electron chi connectivity index (χ3n) is 5.87. The van der Waals surface area contributed by atoms with Crippen LogP contribution in [-0.4, -0.2) is 14.5 Å². The number of nitriles is 1. The summed E-state index contributed by atoms with van der Waals surface area (Å²) in [6.07, 6.45) is 1.88. The molecule has 0 amide bonds. The Bertz CT molecular complexity index is 1550. The van der Waals surface area contributed by atoms with Crippen LogP contribution in [0.5, 0.6) is 0 Å². The van der Waals surface area contributed by atoms with E-state index < -0.39 is 0 Å². The van der Waals surface area contributed by atoms with E-state index in [1.807, 2.05) is 68.5 Å². The second kappa shape index (κ2) is 7.82. The fraction of sp³-hybridized carbons (Fsp3) is 0.111. The third-order valence-corrected chi connectivity index (χ3v) is 5.87. The molecule has 2 heterocycles. The minimum atomic E-state index is -0.225. The van der Waals surface area contributed by atoms with Crippen molar-refractivity contribution >= 4 is 33.6 Å². The average Bonchev–Trinajstić information content (AvgIpc) is 3.32. The highest BCUT2D eigenvalue weighted by Crippen LogP contribution is 2.30. The Labute approximate surface area is 185 Å². The second-order valence-corrected chi connectivity index (χ2v) is 7.97. The number of halogens is 1. The second-order valence-electron chi connectivity index (χ2n) is 7.97. The van der Waals surface area contributed by atoms with Crippen molar-refractivity contribution in [3.05, 3.63) is 101 Å². The Balaban J connectivity index is 1.66. The van der Waals surface area contributed by atoms with E-state index in [0.29, 0.717) is 23.5 Å².